The van der Waals surface area contributed by atoms with Gasteiger partial charge in [-0.2, -0.15) is 0 Å². The van der Waals surface area contributed by atoms with Crippen molar-refractivity contribution in [1.29, 1.82) is 0 Å². The van der Waals surface area contributed by atoms with E-state index in [9.17, 15) is 18.0 Å². The van der Waals surface area contributed by atoms with Gasteiger partial charge in [-0.1, -0.05) is 0 Å². The lowest BCUT2D eigenvalue weighted by molar-refractivity contribution is -0.0586. The monoisotopic (exact) mass is 480 g/mol. The smallest absolute Gasteiger partial charge is 0.321 e. The van der Waals surface area contributed by atoms with Crippen molar-refractivity contribution in [2.24, 2.45) is 0 Å². The van der Waals surface area contributed by atoms with Crippen LogP contribution in [0.1, 0.15) is 57.8 Å². The predicted molar refractivity (Wildman–Crippen MR) is 128 cm³/mol. The molecule has 0 radical (unpaired) electrons. The zero-order valence-electron chi connectivity index (χ0n) is 20.1. The summed E-state index contributed by atoms with van der Waals surface area (Å²) < 4.78 is 32.3. The molecule has 10 heteroatoms. The van der Waals surface area contributed by atoms with Crippen molar-refractivity contribution in [3.63, 3.8) is 0 Å². The van der Waals surface area contributed by atoms with Gasteiger partial charge < -0.3 is 19.9 Å². The van der Waals surface area contributed by atoms with Gasteiger partial charge in [0.1, 0.15) is 0 Å². The summed E-state index contributed by atoms with van der Waals surface area (Å²) in [5.74, 6) is -0.0466. The van der Waals surface area contributed by atoms with Crippen LogP contribution in [0.3, 0.4) is 0 Å². The zero-order chi connectivity index (χ0) is 24.4. The third-order valence-electron chi connectivity index (χ3n) is 6.00. The van der Waals surface area contributed by atoms with E-state index in [1.54, 1.807) is 54.8 Å². The van der Waals surface area contributed by atoms with Gasteiger partial charge in [-0.15, -0.1) is 0 Å². The highest BCUT2D eigenvalue weighted by Crippen LogP contribution is 2.20. The van der Waals surface area contributed by atoms with Crippen LogP contribution in [0.2, 0.25) is 0 Å². The van der Waals surface area contributed by atoms with Crippen molar-refractivity contribution < 1.29 is 22.7 Å². The number of ether oxygens (including phenoxy) is 1. The summed E-state index contributed by atoms with van der Waals surface area (Å²) in [6.07, 6.45) is 1.13. The number of rotatable bonds is 4. The van der Waals surface area contributed by atoms with Gasteiger partial charge in [0.05, 0.1) is 17.0 Å². The molecule has 2 aliphatic rings. The number of piperidine rings is 1. The van der Waals surface area contributed by atoms with Gasteiger partial charge >= 0.3 is 6.03 Å². The summed E-state index contributed by atoms with van der Waals surface area (Å²) in [7, 11) is -3.42. The number of nitrogens with one attached hydrogen (secondary N) is 2. The minimum absolute atomic E-state index is 0.00386. The van der Waals surface area contributed by atoms with Gasteiger partial charge in [0.2, 0.25) is 10.0 Å². The summed E-state index contributed by atoms with van der Waals surface area (Å²) in [6.45, 7) is 11.0. The van der Waals surface area contributed by atoms with Crippen LogP contribution < -0.4 is 10.0 Å². The number of nitrogens with zero attached hydrogens (tertiary/aromatic N) is 2. The van der Waals surface area contributed by atoms with E-state index >= 15 is 0 Å². The Labute approximate surface area is 196 Å². The molecule has 9 nitrogen and oxygen atoms in total. The molecule has 2 fully saturated rings. The normalized spacial score (nSPS) is 22.8. The Bertz CT molecular complexity index is 940. The second-order valence-corrected chi connectivity index (χ2v) is 12.4. The molecule has 3 rings (SSSR count). The summed E-state index contributed by atoms with van der Waals surface area (Å²) in [6, 6.07) is 6.48. The molecule has 2 heterocycles. The van der Waals surface area contributed by atoms with Crippen molar-refractivity contribution in [3.8, 4) is 0 Å². The number of benzene rings is 1. The van der Waals surface area contributed by atoms with E-state index in [0.29, 0.717) is 50.3 Å². The Balaban J connectivity index is 1.51. The van der Waals surface area contributed by atoms with E-state index in [2.05, 4.69) is 10.0 Å². The van der Waals surface area contributed by atoms with Crippen molar-refractivity contribution in [2.75, 3.05) is 31.5 Å². The molecule has 33 heavy (non-hydrogen) atoms. The number of amides is 3. The van der Waals surface area contributed by atoms with Gasteiger partial charge in [-0.05, 0) is 71.7 Å². The standard InChI is InChI=1S/C23H36N4O5S/c1-16-14-27(15-17(2)32-16)21(28)18-6-8-19(9-7-18)24-22(29)26-12-10-20(11-13-26)25-33(30,31)23(3,4)5/h6-9,16-17,20,25H,10-15H2,1-5H3,(H,24,29)/t16-,17+. The van der Waals surface area contributed by atoms with Gasteiger partial charge in [0.25, 0.3) is 5.91 Å². The Morgan fingerprint density at radius 2 is 1.52 bits per heavy atom. The maximum atomic E-state index is 12.8. The average Bonchev–Trinajstić information content (AvgIpc) is 2.72. The molecule has 0 spiro atoms. The van der Waals surface area contributed by atoms with Crippen LogP contribution in [0, 0.1) is 0 Å². The van der Waals surface area contributed by atoms with Crippen LogP contribution >= 0.6 is 0 Å². The van der Waals surface area contributed by atoms with Gasteiger partial charge in [0.15, 0.2) is 0 Å². The predicted octanol–water partition coefficient (Wildman–Crippen LogP) is 2.65. The van der Waals surface area contributed by atoms with Crippen molar-refractivity contribution in [1.82, 2.24) is 14.5 Å². The third kappa shape index (κ3) is 6.45. The number of morpholine rings is 1. The highest BCUT2D eigenvalue weighted by Gasteiger charge is 2.33. The number of carbonyl (C=O) groups excluding carboxylic acids is 2. The minimum atomic E-state index is -3.42. The fourth-order valence-electron chi connectivity index (χ4n) is 4.02. The van der Waals surface area contributed by atoms with Gasteiger partial charge in [0, 0.05) is 43.5 Å². The first-order valence-electron chi connectivity index (χ1n) is 11.5. The maximum Gasteiger partial charge on any atom is 0.321 e. The van der Waals surface area contributed by atoms with Crippen molar-refractivity contribution in [2.45, 2.75) is 70.5 Å². The lowest BCUT2D eigenvalue weighted by atomic mass is 10.1. The first-order chi connectivity index (χ1) is 15.4. The largest absolute Gasteiger partial charge is 0.372 e. The number of carbonyl (C=O) groups is 2. The summed E-state index contributed by atoms with van der Waals surface area (Å²) in [4.78, 5) is 28.9. The van der Waals surface area contributed by atoms with Crippen LogP contribution in [-0.4, -0.2) is 79.3 Å². The molecular weight excluding hydrogens is 444 g/mol. The maximum absolute atomic E-state index is 12.8. The molecule has 2 aliphatic heterocycles. The van der Waals surface area contributed by atoms with Crippen LogP contribution in [-0.2, 0) is 14.8 Å². The molecule has 2 saturated heterocycles. The van der Waals surface area contributed by atoms with E-state index in [4.69, 9.17) is 4.74 Å². The number of hydrogen-bond acceptors (Lipinski definition) is 5. The lowest BCUT2D eigenvalue weighted by Crippen LogP contribution is -2.50. The Morgan fingerprint density at radius 1 is 0.970 bits per heavy atom. The molecule has 2 atom stereocenters. The number of urea groups is 1. The van der Waals surface area contributed by atoms with Crippen LogP contribution in [0.25, 0.3) is 0 Å². The molecular formula is C23H36N4O5S. The van der Waals surface area contributed by atoms with Crippen LogP contribution in [0.15, 0.2) is 24.3 Å². The molecule has 0 unspecified atom stereocenters. The number of anilines is 1. The van der Waals surface area contributed by atoms with Crippen molar-refractivity contribution in [3.05, 3.63) is 29.8 Å². The van der Waals surface area contributed by atoms with Crippen molar-refractivity contribution >= 4 is 27.6 Å². The second-order valence-electron chi connectivity index (χ2n) is 9.97. The first-order valence-corrected chi connectivity index (χ1v) is 13.0. The fourth-order valence-corrected chi connectivity index (χ4v) is 5.05. The van der Waals surface area contributed by atoms with E-state index in [1.165, 1.54) is 0 Å². The van der Waals surface area contributed by atoms with Crippen LogP contribution in [0.5, 0.6) is 0 Å². The molecule has 0 saturated carbocycles. The fraction of sp³-hybridized carbons (Fsp3) is 0.652. The third-order valence-corrected chi connectivity index (χ3v) is 8.26. The second kappa shape index (κ2) is 9.99. The Kier molecular flexibility index (Phi) is 7.70. The van der Waals surface area contributed by atoms with E-state index in [1.807, 2.05) is 13.8 Å². The lowest BCUT2D eigenvalue weighted by Gasteiger charge is -2.35. The van der Waals surface area contributed by atoms with Gasteiger partial charge in [-0.25, -0.2) is 17.9 Å². The van der Waals surface area contributed by atoms with Crippen LogP contribution in [0.4, 0.5) is 10.5 Å². The number of hydrogen-bond donors (Lipinski definition) is 2. The molecule has 1 aromatic carbocycles. The Morgan fingerprint density at radius 3 is 2.03 bits per heavy atom. The molecule has 3 amide bonds. The molecule has 0 aliphatic carbocycles. The molecule has 0 aromatic heterocycles. The summed E-state index contributed by atoms with van der Waals surface area (Å²) in [5.41, 5.74) is 1.18. The Hall–Kier alpha value is -2.17. The summed E-state index contributed by atoms with van der Waals surface area (Å²) in [5, 5.41) is 2.86. The van der Waals surface area contributed by atoms with E-state index in [-0.39, 0.29) is 30.2 Å². The molecule has 184 valence electrons. The number of likely N-dealkylation sites (tertiary alicyclic amines) is 1. The first kappa shape index (κ1) is 25.5. The quantitative estimate of drug-likeness (QED) is 0.689. The topological polar surface area (TPSA) is 108 Å². The SMILES string of the molecule is C[C@@H]1CN(C(=O)c2ccc(NC(=O)N3CCC(NS(=O)(=O)C(C)(C)C)CC3)cc2)C[C@H](C)O1. The molecule has 2 N–H and O–H groups in total. The molecule has 0 bridgehead atoms. The highest BCUT2D eigenvalue weighted by atomic mass is 32.2. The highest BCUT2D eigenvalue weighted by molar-refractivity contribution is 7.90. The van der Waals surface area contributed by atoms with E-state index in [0.717, 1.165) is 0 Å². The zero-order valence-corrected chi connectivity index (χ0v) is 20.9. The van der Waals surface area contributed by atoms with Gasteiger partial charge in [-0.3, -0.25) is 4.79 Å². The number of sulfonamides is 1. The van der Waals surface area contributed by atoms with E-state index < -0.39 is 14.8 Å². The molecule has 1 aromatic rings. The minimum Gasteiger partial charge on any atom is -0.372 e. The summed E-state index contributed by atoms with van der Waals surface area (Å²) >= 11 is 0. The average molecular weight is 481 g/mol.